The van der Waals surface area contributed by atoms with Gasteiger partial charge in [0.25, 0.3) is 0 Å². The van der Waals surface area contributed by atoms with Crippen LogP contribution < -0.4 is 0 Å². The van der Waals surface area contributed by atoms with Crippen LogP contribution in [0.15, 0.2) is 66.9 Å². The first-order chi connectivity index (χ1) is 17.0. The van der Waals surface area contributed by atoms with Crippen molar-refractivity contribution in [3.8, 4) is 16.8 Å². The summed E-state index contributed by atoms with van der Waals surface area (Å²) in [6.07, 6.45) is 3.74. The lowest BCUT2D eigenvalue weighted by molar-refractivity contribution is 0.0697. The summed E-state index contributed by atoms with van der Waals surface area (Å²) in [4.78, 5) is 11.5. The molecule has 6 nitrogen and oxygen atoms in total. The third kappa shape index (κ3) is 3.68. The van der Waals surface area contributed by atoms with Gasteiger partial charge in [0.1, 0.15) is 5.82 Å². The molecule has 0 atom stereocenters. The molecule has 176 valence electrons. The highest BCUT2D eigenvalue weighted by atomic mass is 19.1. The predicted octanol–water partition coefficient (Wildman–Crippen LogP) is 5.92. The highest BCUT2D eigenvalue weighted by Gasteiger charge is 2.28. The Balaban J connectivity index is 1.72. The minimum Gasteiger partial charge on any atom is -0.478 e. The van der Waals surface area contributed by atoms with E-state index in [1.54, 1.807) is 16.8 Å². The number of carbonyl (C=O) groups is 1. The smallest absolute Gasteiger partial charge is 0.335 e. The highest BCUT2D eigenvalue weighted by Crippen LogP contribution is 2.44. The average Bonchev–Trinajstić information content (AvgIpc) is 3.39. The molecule has 1 fully saturated rings. The Morgan fingerprint density at radius 1 is 1.06 bits per heavy atom. The van der Waals surface area contributed by atoms with Crippen LogP contribution in [-0.4, -0.2) is 38.6 Å². The van der Waals surface area contributed by atoms with Gasteiger partial charge in [-0.3, -0.25) is 4.68 Å². The van der Waals surface area contributed by atoms with Crippen LogP contribution in [0, 0.1) is 5.82 Å². The maximum absolute atomic E-state index is 13.9. The summed E-state index contributed by atoms with van der Waals surface area (Å²) in [7, 11) is 1.90. The van der Waals surface area contributed by atoms with Gasteiger partial charge < -0.3 is 14.4 Å². The van der Waals surface area contributed by atoms with Crippen LogP contribution in [0.4, 0.5) is 4.39 Å². The molecule has 1 aliphatic heterocycles. The molecule has 6 rings (SSSR count). The Hall–Kier alpha value is -3.97. The molecule has 3 aromatic carbocycles. The van der Waals surface area contributed by atoms with Gasteiger partial charge in [0, 0.05) is 60.1 Å². The lowest BCUT2D eigenvalue weighted by atomic mass is 9.89. The molecule has 3 heterocycles. The van der Waals surface area contributed by atoms with Gasteiger partial charge in [-0.15, -0.1) is 0 Å². The Morgan fingerprint density at radius 2 is 1.77 bits per heavy atom. The molecular weight excluding hydrogens is 445 g/mol. The van der Waals surface area contributed by atoms with Gasteiger partial charge in [-0.25, -0.2) is 9.18 Å². The largest absolute Gasteiger partial charge is 0.478 e. The Bertz CT molecular complexity index is 1560. The fourth-order valence-electron chi connectivity index (χ4n) is 5.26. The molecule has 0 amide bonds. The molecule has 1 saturated heterocycles. The van der Waals surface area contributed by atoms with Crippen molar-refractivity contribution < 1.29 is 19.0 Å². The van der Waals surface area contributed by atoms with Crippen LogP contribution in [0.5, 0.6) is 0 Å². The summed E-state index contributed by atoms with van der Waals surface area (Å²) in [5.74, 6) is -1.00. The lowest BCUT2D eigenvalue weighted by Gasteiger charge is -2.26. The van der Waals surface area contributed by atoms with Gasteiger partial charge in [-0.2, -0.15) is 5.10 Å². The van der Waals surface area contributed by atoms with E-state index < -0.39 is 5.97 Å². The summed E-state index contributed by atoms with van der Waals surface area (Å²) in [5, 5.41) is 16.1. The fraction of sp³-hybridized carbons (Fsp3) is 0.214. The molecule has 35 heavy (non-hydrogen) atoms. The first kappa shape index (κ1) is 21.6. The quantitative estimate of drug-likeness (QED) is 0.355. The van der Waals surface area contributed by atoms with E-state index in [2.05, 4.69) is 21.8 Å². The van der Waals surface area contributed by atoms with Crippen molar-refractivity contribution >= 4 is 27.8 Å². The lowest BCUT2D eigenvalue weighted by Crippen LogP contribution is -2.17. The number of rotatable bonds is 4. The maximum atomic E-state index is 13.9. The van der Waals surface area contributed by atoms with Crippen LogP contribution in [-0.2, 0) is 11.8 Å². The molecule has 1 N–H and O–H groups in total. The molecule has 0 spiro atoms. The van der Waals surface area contributed by atoms with E-state index in [9.17, 15) is 14.3 Å². The van der Waals surface area contributed by atoms with Crippen molar-refractivity contribution in [1.82, 2.24) is 14.3 Å². The third-order valence-corrected chi connectivity index (χ3v) is 6.86. The van der Waals surface area contributed by atoms with Crippen LogP contribution >= 0.6 is 0 Å². The van der Waals surface area contributed by atoms with E-state index in [1.807, 2.05) is 37.5 Å². The Labute approximate surface area is 201 Å². The van der Waals surface area contributed by atoms with E-state index in [-0.39, 0.29) is 17.3 Å². The summed E-state index contributed by atoms with van der Waals surface area (Å²) < 4.78 is 23.6. The normalized spacial score (nSPS) is 14.7. The van der Waals surface area contributed by atoms with Gasteiger partial charge in [-0.05, 0) is 66.9 Å². The predicted molar refractivity (Wildman–Crippen MR) is 133 cm³/mol. The van der Waals surface area contributed by atoms with Crippen molar-refractivity contribution in [2.24, 2.45) is 7.05 Å². The zero-order valence-corrected chi connectivity index (χ0v) is 19.2. The second-order valence-electron chi connectivity index (χ2n) is 9.07. The van der Waals surface area contributed by atoms with E-state index in [0.29, 0.717) is 13.2 Å². The molecule has 1 aliphatic rings. The zero-order chi connectivity index (χ0) is 24.1. The Morgan fingerprint density at radius 3 is 2.46 bits per heavy atom. The van der Waals surface area contributed by atoms with Gasteiger partial charge >= 0.3 is 5.97 Å². The Kier molecular flexibility index (Phi) is 5.15. The standard InChI is InChI=1S/C28H24FN3O3/c1-31-16-20-14-25-23(15-24(20)30-31)26(17-2-4-19(5-3-17)28(33)34)27(18-10-12-35-13-11-18)32(25)22-8-6-21(29)7-9-22/h2-9,14-16,18H,10-13H2,1H3,(H,33,34). The molecular formula is C28H24FN3O3. The SMILES string of the molecule is Cn1cc2cc3c(cc2n1)c(-c1ccc(C(=O)O)cc1)c(C1CCOCC1)n3-c1ccc(F)cc1. The molecule has 5 aromatic rings. The van der Waals surface area contributed by atoms with Crippen LogP contribution in [0.2, 0.25) is 0 Å². The number of aromatic carboxylic acids is 1. The number of carboxylic acids is 1. The van der Waals surface area contributed by atoms with Crippen LogP contribution in [0.3, 0.4) is 0 Å². The number of aryl methyl sites for hydroxylation is 1. The summed E-state index contributed by atoms with van der Waals surface area (Å²) in [5.41, 5.74) is 6.16. The van der Waals surface area contributed by atoms with E-state index >= 15 is 0 Å². The third-order valence-electron chi connectivity index (χ3n) is 6.86. The monoisotopic (exact) mass is 469 g/mol. The number of halogens is 1. The van der Waals surface area contributed by atoms with Gasteiger partial charge in [-0.1, -0.05) is 12.1 Å². The summed E-state index contributed by atoms with van der Waals surface area (Å²) in [6, 6.07) is 17.9. The number of nitrogens with zero attached hydrogens (tertiary/aromatic N) is 3. The molecule has 0 bridgehead atoms. The summed E-state index contributed by atoms with van der Waals surface area (Å²) in [6.45, 7) is 1.36. The minimum absolute atomic E-state index is 0.230. The number of ether oxygens (including phenoxy) is 1. The number of hydrogen-bond donors (Lipinski definition) is 1. The van der Waals surface area contributed by atoms with Gasteiger partial charge in [0.05, 0.1) is 16.6 Å². The molecule has 7 heteroatoms. The number of aromatic nitrogens is 3. The summed E-state index contributed by atoms with van der Waals surface area (Å²) >= 11 is 0. The second kappa shape index (κ2) is 8.36. The van der Waals surface area contributed by atoms with Crippen molar-refractivity contribution in [3.63, 3.8) is 0 Å². The van der Waals surface area contributed by atoms with Crippen molar-refractivity contribution in [2.45, 2.75) is 18.8 Å². The fourth-order valence-corrected chi connectivity index (χ4v) is 5.26. The molecule has 0 unspecified atom stereocenters. The minimum atomic E-state index is -0.954. The number of hydrogen-bond acceptors (Lipinski definition) is 3. The van der Waals surface area contributed by atoms with E-state index in [1.165, 1.54) is 12.1 Å². The highest BCUT2D eigenvalue weighted by molar-refractivity contribution is 6.06. The molecule has 0 saturated carbocycles. The van der Waals surface area contributed by atoms with Crippen LogP contribution in [0.1, 0.15) is 34.8 Å². The molecule has 2 aromatic heterocycles. The first-order valence-electron chi connectivity index (χ1n) is 11.7. The van der Waals surface area contributed by atoms with Gasteiger partial charge in [0.15, 0.2) is 0 Å². The molecule has 0 aliphatic carbocycles. The van der Waals surface area contributed by atoms with E-state index in [4.69, 9.17) is 4.74 Å². The maximum Gasteiger partial charge on any atom is 0.335 e. The van der Waals surface area contributed by atoms with Crippen molar-refractivity contribution in [1.29, 1.82) is 0 Å². The number of fused-ring (bicyclic) bond motifs is 2. The average molecular weight is 470 g/mol. The number of benzene rings is 3. The molecule has 0 radical (unpaired) electrons. The van der Waals surface area contributed by atoms with Crippen LogP contribution in [0.25, 0.3) is 38.6 Å². The zero-order valence-electron chi connectivity index (χ0n) is 19.2. The van der Waals surface area contributed by atoms with Crippen molar-refractivity contribution in [2.75, 3.05) is 13.2 Å². The van der Waals surface area contributed by atoms with Crippen molar-refractivity contribution in [3.05, 3.63) is 83.9 Å². The number of carboxylic acid groups (broad SMARTS) is 1. The first-order valence-corrected chi connectivity index (χ1v) is 11.7. The van der Waals surface area contributed by atoms with Gasteiger partial charge in [0.2, 0.25) is 0 Å². The topological polar surface area (TPSA) is 69.3 Å². The second-order valence-corrected chi connectivity index (χ2v) is 9.07. The van der Waals surface area contributed by atoms with E-state index in [0.717, 1.165) is 57.2 Å².